The van der Waals surface area contributed by atoms with Gasteiger partial charge in [0.1, 0.15) is 11.2 Å². The van der Waals surface area contributed by atoms with Crippen LogP contribution >= 0.6 is 0 Å². The van der Waals surface area contributed by atoms with Crippen molar-refractivity contribution >= 4 is 65.0 Å². The van der Waals surface area contributed by atoms with Crippen LogP contribution in [0.25, 0.3) is 98.4 Å². The summed E-state index contributed by atoms with van der Waals surface area (Å²) in [6, 6.07) is 54.1. The van der Waals surface area contributed by atoms with Crippen LogP contribution in [-0.2, 0) is 5.41 Å². The third-order valence-corrected chi connectivity index (χ3v) is 12.8. The van der Waals surface area contributed by atoms with E-state index in [0.29, 0.717) is 27.8 Å². The Balaban J connectivity index is 1.22. The highest BCUT2D eigenvalue weighted by molar-refractivity contribution is 6.23. The molecule has 13 rings (SSSR count). The van der Waals surface area contributed by atoms with E-state index in [9.17, 15) is 5.48 Å². The first-order valence-corrected chi connectivity index (χ1v) is 20.2. The van der Waals surface area contributed by atoms with Crippen LogP contribution in [0.15, 0.2) is 223 Å². The Morgan fingerprint density at radius 2 is 0.883 bits per heavy atom. The van der Waals surface area contributed by atoms with Crippen molar-refractivity contribution in [3.05, 3.63) is 240 Å². The third-order valence-electron chi connectivity index (χ3n) is 12.8. The predicted molar refractivity (Wildman–Crippen MR) is 252 cm³/mol. The second-order valence-electron chi connectivity index (χ2n) is 15.7. The highest BCUT2D eigenvalue weighted by Crippen LogP contribution is 2.59. The second-order valence-corrected chi connectivity index (χ2v) is 15.7. The summed E-state index contributed by atoms with van der Waals surface area (Å²) < 4.78 is 82.1. The van der Waals surface area contributed by atoms with E-state index in [4.69, 9.17) is 9.90 Å². The van der Waals surface area contributed by atoms with Crippen LogP contribution in [-0.4, -0.2) is 0 Å². The van der Waals surface area contributed by atoms with Gasteiger partial charge in [0.05, 0.1) is 16.4 Å². The van der Waals surface area contributed by atoms with Crippen LogP contribution in [0.2, 0.25) is 0 Å². The van der Waals surface area contributed by atoms with Crippen LogP contribution in [0.4, 0.5) is 0 Å². The lowest BCUT2D eigenvalue weighted by Crippen LogP contribution is -2.28. The SMILES string of the molecule is [2H]c1c([2H])c([2H])c2c(-c3ccc4ccc5ccccc5c4c3)c3c([2H])c([2H])c([2H])c([2H])c3c(-c3ccc4c(c3)-c3c(ccc5c3oc3ccccc35)C4(c3ccccc3)c3ccccc3)c2c1[2H]. The van der Waals surface area contributed by atoms with E-state index in [1.165, 1.54) is 0 Å². The molecule has 0 atom stereocenters. The smallest absolute Gasteiger partial charge is 0.143 e. The van der Waals surface area contributed by atoms with Gasteiger partial charge < -0.3 is 4.42 Å². The Morgan fingerprint density at radius 3 is 1.55 bits per heavy atom. The number of para-hydroxylation sites is 1. The van der Waals surface area contributed by atoms with Crippen LogP contribution in [0.5, 0.6) is 0 Å². The number of hydrogen-bond donors (Lipinski definition) is 0. The van der Waals surface area contributed by atoms with Crippen molar-refractivity contribution in [2.24, 2.45) is 0 Å². The van der Waals surface area contributed by atoms with Crippen molar-refractivity contribution in [2.75, 3.05) is 0 Å². The fourth-order valence-electron chi connectivity index (χ4n) is 10.3. The molecule has 0 fully saturated rings. The Labute approximate surface area is 358 Å². The molecule has 1 aromatic heterocycles. The van der Waals surface area contributed by atoms with Crippen LogP contribution in [0, 0.1) is 0 Å². The molecule has 12 aromatic rings. The Kier molecular flexibility index (Phi) is 5.54. The molecule has 0 N–H and O–H groups in total. The molecule has 60 heavy (non-hydrogen) atoms. The van der Waals surface area contributed by atoms with Gasteiger partial charge in [0.2, 0.25) is 0 Å². The molecule has 1 heteroatoms. The van der Waals surface area contributed by atoms with Crippen molar-refractivity contribution < 1.29 is 15.4 Å². The number of fused-ring (bicyclic) bond motifs is 12. The van der Waals surface area contributed by atoms with Crippen LogP contribution in [0.3, 0.4) is 0 Å². The summed E-state index contributed by atoms with van der Waals surface area (Å²) in [7, 11) is 0. The summed E-state index contributed by atoms with van der Waals surface area (Å²) in [5.41, 5.74) is 8.10. The molecule has 0 bridgehead atoms. The fourth-order valence-corrected chi connectivity index (χ4v) is 10.3. The standard InChI is InChI=1S/C59H36O/c1-3-16-41(17-4-1)59(42-18-5-2-6-19-42)52-33-31-40(36-51(52)57-53(59)34-32-49-44-21-13-14-26-54(44)60-58(49)57)56-47-24-11-9-22-45(47)55(46-23-10-12-25-48(46)56)39-30-29-38-28-27-37-15-7-8-20-43(37)50(38)35-39/h1-36H/i9D,10D,11D,12D,22D,23D,24D,25D. The number of rotatable bonds is 4. The third kappa shape index (κ3) is 4.52. The van der Waals surface area contributed by atoms with Gasteiger partial charge in [-0.1, -0.05) is 200 Å². The largest absolute Gasteiger partial charge is 0.455 e. The maximum Gasteiger partial charge on any atom is 0.143 e. The molecular weight excluding hydrogens is 725 g/mol. The van der Waals surface area contributed by atoms with Gasteiger partial charge in [0.15, 0.2) is 0 Å². The van der Waals surface area contributed by atoms with Gasteiger partial charge in [-0.05, 0) is 111 Å². The quantitative estimate of drug-likeness (QED) is 0.128. The summed E-state index contributed by atoms with van der Waals surface area (Å²) >= 11 is 0. The van der Waals surface area contributed by atoms with Crippen molar-refractivity contribution in [3.8, 4) is 33.4 Å². The molecule has 278 valence electrons. The first-order valence-electron chi connectivity index (χ1n) is 24.2. The minimum atomic E-state index is -0.820. The van der Waals surface area contributed by atoms with Crippen molar-refractivity contribution in [1.29, 1.82) is 0 Å². The molecule has 0 radical (unpaired) electrons. The van der Waals surface area contributed by atoms with E-state index in [1.54, 1.807) is 0 Å². The zero-order valence-electron chi connectivity index (χ0n) is 40.1. The molecular formula is C59H36O. The van der Waals surface area contributed by atoms with E-state index in [-0.39, 0.29) is 45.7 Å². The first kappa shape index (κ1) is 26.3. The second kappa shape index (κ2) is 12.6. The molecule has 0 unspecified atom stereocenters. The highest BCUT2D eigenvalue weighted by Gasteiger charge is 2.47. The summed E-state index contributed by atoms with van der Waals surface area (Å²) in [6.07, 6.45) is 0. The Bertz CT molecular complexity index is 4060. The zero-order valence-corrected chi connectivity index (χ0v) is 32.1. The summed E-state index contributed by atoms with van der Waals surface area (Å²) in [4.78, 5) is 0. The van der Waals surface area contributed by atoms with Gasteiger partial charge in [-0.15, -0.1) is 0 Å². The molecule has 0 amide bonds. The van der Waals surface area contributed by atoms with Crippen LogP contribution in [0.1, 0.15) is 33.2 Å². The minimum absolute atomic E-state index is 0.166. The Morgan fingerprint density at radius 1 is 0.367 bits per heavy atom. The van der Waals surface area contributed by atoms with Gasteiger partial charge >= 0.3 is 0 Å². The average molecular weight is 769 g/mol. The van der Waals surface area contributed by atoms with Gasteiger partial charge in [-0.3, -0.25) is 0 Å². The van der Waals surface area contributed by atoms with E-state index < -0.39 is 29.6 Å². The van der Waals surface area contributed by atoms with Crippen molar-refractivity contribution in [1.82, 2.24) is 0 Å². The molecule has 1 nitrogen and oxygen atoms in total. The van der Waals surface area contributed by atoms with E-state index in [2.05, 4.69) is 54.6 Å². The summed E-state index contributed by atoms with van der Waals surface area (Å²) in [5.74, 6) is 0. The van der Waals surface area contributed by atoms with Gasteiger partial charge in [-0.25, -0.2) is 0 Å². The number of benzene rings is 11. The van der Waals surface area contributed by atoms with E-state index in [0.717, 1.165) is 71.3 Å². The van der Waals surface area contributed by atoms with Crippen molar-refractivity contribution in [3.63, 3.8) is 0 Å². The van der Waals surface area contributed by atoms with Crippen LogP contribution < -0.4 is 0 Å². The maximum absolute atomic E-state index is 9.74. The van der Waals surface area contributed by atoms with Gasteiger partial charge in [0, 0.05) is 16.3 Å². The number of furan rings is 1. The molecule has 0 spiro atoms. The molecule has 1 heterocycles. The lowest BCUT2D eigenvalue weighted by atomic mass is 9.67. The topological polar surface area (TPSA) is 13.1 Å². The van der Waals surface area contributed by atoms with Gasteiger partial charge in [0.25, 0.3) is 0 Å². The average Bonchev–Trinajstić information content (AvgIpc) is 3.91. The molecule has 0 saturated heterocycles. The highest BCUT2D eigenvalue weighted by atomic mass is 16.3. The predicted octanol–water partition coefficient (Wildman–Crippen LogP) is 15.9. The minimum Gasteiger partial charge on any atom is -0.455 e. The monoisotopic (exact) mass is 768 g/mol. The fraction of sp³-hybridized carbons (Fsp3) is 0.0169. The van der Waals surface area contributed by atoms with Crippen molar-refractivity contribution in [2.45, 2.75) is 5.41 Å². The molecule has 1 aliphatic rings. The summed E-state index contributed by atoms with van der Waals surface area (Å²) in [5, 5.41) is 6.46. The molecule has 0 aliphatic heterocycles. The Hall–Kier alpha value is -7.74. The molecule has 0 saturated carbocycles. The van der Waals surface area contributed by atoms with E-state index in [1.807, 2.05) is 115 Å². The van der Waals surface area contributed by atoms with E-state index >= 15 is 0 Å². The maximum atomic E-state index is 9.74. The molecule has 1 aliphatic carbocycles. The summed E-state index contributed by atoms with van der Waals surface area (Å²) in [6.45, 7) is 0. The normalized spacial score (nSPS) is 15.0. The lowest BCUT2D eigenvalue weighted by Gasteiger charge is -2.33. The van der Waals surface area contributed by atoms with Gasteiger partial charge in [-0.2, -0.15) is 0 Å². The molecule has 11 aromatic carbocycles. The number of hydrogen-bond acceptors (Lipinski definition) is 1. The zero-order chi connectivity index (χ0) is 46.3. The lowest BCUT2D eigenvalue weighted by molar-refractivity contribution is 0.669. The first-order chi connectivity index (χ1) is 33.1.